The summed E-state index contributed by atoms with van der Waals surface area (Å²) in [6.45, 7) is 8.45. The first kappa shape index (κ1) is 24.7. The standard InChI is InChI=1S/C28H33N3O4/c1-27(2,16-19-11-13-21(14-12-19)35-24-10-5-6-15-29-24)30-17-20(32)18-34-23-9-7-8-22-25(23)28(3,4)26(33)31-22/h5-15,20,30,32H,16-18H2,1-4H3,(H,31,33). The Morgan fingerprint density at radius 1 is 1.09 bits per heavy atom. The highest BCUT2D eigenvalue weighted by atomic mass is 16.5. The fraction of sp³-hybridized carbons (Fsp3) is 0.357. The predicted octanol–water partition coefficient (Wildman–Crippen LogP) is 4.45. The van der Waals surface area contributed by atoms with Gasteiger partial charge in [-0.2, -0.15) is 0 Å². The van der Waals surface area contributed by atoms with Crippen LogP contribution < -0.4 is 20.1 Å². The van der Waals surface area contributed by atoms with E-state index in [2.05, 4.69) is 29.5 Å². The Bertz CT molecular complexity index is 1160. The molecule has 0 saturated carbocycles. The van der Waals surface area contributed by atoms with Gasteiger partial charge in [-0.15, -0.1) is 0 Å². The second-order valence-electron chi connectivity index (χ2n) is 10.1. The van der Waals surface area contributed by atoms with Crippen LogP contribution in [0.2, 0.25) is 0 Å². The minimum absolute atomic E-state index is 0.0520. The number of benzene rings is 2. The predicted molar refractivity (Wildman–Crippen MR) is 136 cm³/mol. The summed E-state index contributed by atoms with van der Waals surface area (Å²) in [6.07, 6.45) is 1.77. The first-order valence-electron chi connectivity index (χ1n) is 11.8. The average molecular weight is 476 g/mol. The van der Waals surface area contributed by atoms with Crippen LogP contribution in [0.5, 0.6) is 17.4 Å². The van der Waals surface area contributed by atoms with Gasteiger partial charge in [0.25, 0.3) is 0 Å². The van der Waals surface area contributed by atoms with Gasteiger partial charge >= 0.3 is 0 Å². The first-order chi connectivity index (χ1) is 16.6. The number of carbonyl (C=O) groups excluding carboxylic acids is 1. The fourth-order valence-corrected chi connectivity index (χ4v) is 4.21. The number of anilines is 1. The van der Waals surface area contributed by atoms with Crippen molar-refractivity contribution < 1.29 is 19.4 Å². The van der Waals surface area contributed by atoms with Crippen molar-refractivity contribution in [2.45, 2.75) is 51.2 Å². The first-order valence-corrected chi connectivity index (χ1v) is 11.8. The smallest absolute Gasteiger partial charge is 0.234 e. The van der Waals surface area contributed by atoms with Crippen molar-refractivity contribution in [1.82, 2.24) is 10.3 Å². The lowest BCUT2D eigenvalue weighted by Crippen LogP contribution is -2.46. The highest BCUT2D eigenvalue weighted by molar-refractivity contribution is 6.06. The van der Waals surface area contributed by atoms with Crippen LogP contribution >= 0.6 is 0 Å². The van der Waals surface area contributed by atoms with Crippen molar-refractivity contribution in [2.75, 3.05) is 18.5 Å². The Kier molecular flexibility index (Phi) is 7.10. The molecule has 3 aromatic rings. The molecule has 0 spiro atoms. The molecule has 1 aliphatic heterocycles. The lowest BCUT2D eigenvalue weighted by molar-refractivity contribution is -0.119. The Labute approximate surface area is 206 Å². The van der Waals surface area contributed by atoms with Gasteiger partial charge in [0.15, 0.2) is 0 Å². The molecule has 4 rings (SSSR count). The lowest BCUT2D eigenvalue weighted by Gasteiger charge is -2.28. The highest BCUT2D eigenvalue weighted by Crippen LogP contribution is 2.43. The van der Waals surface area contributed by atoms with Crippen molar-refractivity contribution in [3.8, 4) is 17.4 Å². The summed E-state index contributed by atoms with van der Waals surface area (Å²) in [7, 11) is 0. The number of nitrogens with zero attached hydrogens (tertiary/aromatic N) is 1. The van der Waals surface area contributed by atoms with Crippen LogP contribution in [-0.2, 0) is 16.6 Å². The van der Waals surface area contributed by atoms with E-state index in [9.17, 15) is 9.90 Å². The maximum absolute atomic E-state index is 12.3. The Morgan fingerprint density at radius 2 is 1.86 bits per heavy atom. The van der Waals surface area contributed by atoms with Crippen LogP contribution in [-0.4, -0.2) is 40.8 Å². The van der Waals surface area contributed by atoms with E-state index >= 15 is 0 Å². The van der Waals surface area contributed by atoms with Gasteiger partial charge in [0.2, 0.25) is 11.8 Å². The summed E-state index contributed by atoms with van der Waals surface area (Å²) >= 11 is 0. The number of carbonyl (C=O) groups is 1. The van der Waals surface area contributed by atoms with E-state index in [1.165, 1.54) is 0 Å². The molecule has 0 saturated heterocycles. The molecule has 1 unspecified atom stereocenters. The highest BCUT2D eigenvalue weighted by Gasteiger charge is 2.41. The number of hydrogen-bond donors (Lipinski definition) is 3. The van der Waals surface area contributed by atoms with Gasteiger partial charge in [0.1, 0.15) is 24.2 Å². The third-order valence-electron chi connectivity index (χ3n) is 6.14. The zero-order chi connectivity index (χ0) is 25.1. The maximum atomic E-state index is 12.3. The van der Waals surface area contributed by atoms with E-state index in [-0.39, 0.29) is 18.1 Å². The van der Waals surface area contributed by atoms with Crippen molar-refractivity contribution in [2.24, 2.45) is 0 Å². The molecule has 0 fully saturated rings. The van der Waals surface area contributed by atoms with Gasteiger partial charge < -0.3 is 25.2 Å². The molecular formula is C28H33N3O4. The summed E-state index contributed by atoms with van der Waals surface area (Å²) in [5.41, 5.74) is 1.84. The van der Waals surface area contributed by atoms with E-state index in [0.29, 0.717) is 18.2 Å². The van der Waals surface area contributed by atoms with E-state index in [1.807, 2.05) is 74.5 Å². The fourth-order valence-electron chi connectivity index (χ4n) is 4.21. The number of ether oxygens (including phenoxy) is 2. The number of fused-ring (bicyclic) bond motifs is 1. The van der Waals surface area contributed by atoms with E-state index in [4.69, 9.17) is 9.47 Å². The number of aliphatic hydroxyl groups is 1. The number of nitrogens with one attached hydrogen (secondary N) is 2. The van der Waals surface area contributed by atoms with Gasteiger partial charge in [0, 0.05) is 35.6 Å². The molecular weight excluding hydrogens is 442 g/mol. The van der Waals surface area contributed by atoms with Crippen molar-refractivity contribution in [3.63, 3.8) is 0 Å². The average Bonchev–Trinajstić information content (AvgIpc) is 3.07. The summed E-state index contributed by atoms with van der Waals surface area (Å²) in [4.78, 5) is 16.4. The molecule has 7 nitrogen and oxygen atoms in total. The molecule has 2 aromatic carbocycles. The second kappa shape index (κ2) is 10.1. The third-order valence-corrected chi connectivity index (χ3v) is 6.14. The van der Waals surface area contributed by atoms with E-state index in [0.717, 1.165) is 29.0 Å². The molecule has 184 valence electrons. The van der Waals surface area contributed by atoms with E-state index < -0.39 is 11.5 Å². The Balaban J connectivity index is 1.27. The summed E-state index contributed by atoms with van der Waals surface area (Å²) in [5, 5.41) is 16.9. The molecule has 7 heteroatoms. The summed E-state index contributed by atoms with van der Waals surface area (Å²) in [6, 6.07) is 19.0. The summed E-state index contributed by atoms with van der Waals surface area (Å²) in [5.74, 6) is 1.87. The second-order valence-corrected chi connectivity index (χ2v) is 10.1. The Morgan fingerprint density at radius 3 is 2.57 bits per heavy atom. The molecule has 35 heavy (non-hydrogen) atoms. The monoisotopic (exact) mass is 475 g/mol. The largest absolute Gasteiger partial charge is 0.490 e. The molecule has 1 aliphatic rings. The van der Waals surface area contributed by atoms with Gasteiger partial charge in [-0.3, -0.25) is 4.79 Å². The molecule has 1 amide bonds. The molecule has 1 aromatic heterocycles. The minimum atomic E-state index is -0.701. The zero-order valence-corrected chi connectivity index (χ0v) is 20.7. The number of aromatic nitrogens is 1. The molecule has 3 N–H and O–H groups in total. The van der Waals surface area contributed by atoms with Crippen molar-refractivity contribution >= 4 is 11.6 Å². The number of hydrogen-bond acceptors (Lipinski definition) is 6. The zero-order valence-electron chi connectivity index (χ0n) is 20.7. The van der Waals surface area contributed by atoms with Crippen LogP contribution in [0.4, 0.5) is 5.69 Å². The topological polar surface area (TPSA) is 92.7 Å². The quantitative estimate of drug-likeness (QED) is 0.401. The van der Waals surface area contributed by atoms with Crippen LogP contribution in [0, 0.1) is 0 Å². The molecule has 1 atom stereocenters. The molecule has 0 radical (unpaired) electrons. The number of aliphatic hydroxyl groups excluding tert-OH is 1. The van der Waals surface area contributed by atoms with Crippen molar-refractivity contribution in [3.05, 3.63) is 78.0 Å². The van der Waals surface area contributed by atoms with E-state index in [1.54, 1.807) is 6.20 Å². The Hall–Kier alpha value is -3.42. The van der Waals surface area contributed by atoms with Gasteiger partial charge in [-0.25, -0.2) is 4.98 Å². The number of pyridine rings is 1. The SMILES string of the molecule is CC(C)(Cc1ccc(Oc2ccccn2)cc1)NCC(O)COc1cccc2c1C(C)(C)C(=O)N2. The number of amides is 1. The normalized spacial score (nSPS) is 15.3. The van der Waals surface area contributed by atoms with Crippen LogP contribution in [0.1, 0.15) is 38.8 Å². The minimum Gasteiger partial charge on any atom is -0.490 e. The van der Waals surface area contributed by atoms with Gasteiger partial charge in [0.05, 0.1) is 5.41 Å². The molecule has 0 bridgehead atoms. The molecule has 0 aliphatic carbocycles. The molecule has 2 heterocycles. The number of β-amino-alcohol motifs (C(OH)–C–C–N with tert-alkyl or cyclic N) is 1. The summed E-state index contributed by atoms with van der Waals surface area (Å²) < 4.78 is 11.7. The lowest BCUT2D eigenvalue weighted by atomic mass is 9.85. The maximum Gasteiger partial charge on any atom is 0.234 e. The van der Waals surface area contributed by atoms with Crippen molar-refractivity contribution in [1.29, 1.82) is 0 Å². The van der Waals surface area contributed by atoms with Crippen LogP contribution in [0.3, 0.4) is 0 Å². The van der Waals surface area contributed by atoms with Gasteiger partial charge in [-0.1, -0.05) is 24.3 Å². The van der Waals surface area contributed by atoms with Gasteiger partial charge in [-0.05, 0) is 70.0 Å². The number of rotatable bonds is 10. The van der Waals surface area contributed by atoms with Crippen LogP contribution in [0.15, 0.2) is 66.9 Å². The third kappa shape index (κ3) is 5.99. The van der Waals surface area contributed by atoms with Crippen LogP contribution in [0.25, 0.3) is 0 Å².